The van der Waals surface area contributed by atoms with E-state index in [1.54, 1.807) is 11.8 Å². The number of hydrogen-bond acceptors (Lipinski definition) is 6. The quantitative estimate of drug-likeness (QED) is 0.355. The van der Waals surface area contributed by atoms with Crippen LogP contribution < -0.4 is 10.9 Å². The summed E-state index contributed by atoms with van der Waals surface area (Å²) in [6, 6.07) is 13.9. The van der Waals surface area contributed by atoms with Gasteiger partial charge in [0.25, 0.3) is 11.2 Å². The topological polar surface area (TPSA) is 107 Å². The zero-order valence-electron chi connectivity index (χ0n) is 14.9. The molecule has 28 heavy (non-hydrogen) atoms. The number of carbonyl (C=O) groups excluding carboxylic acids is 1. The lowest BCUT2D eigenvalue weighted by atomic mass is 10.2. The summed E-state index contributed by atoms with van der Waals surface area (Å²) in [7, 11) is 0. The molecule has 9 heteroatoms. The summed E-state index contributed by atoms with van der Waals surface area (Å²) in [5.41, 5.74) is 0.901. The van der Waals surface area contributed by atoms with E-state index < -0.39 is 10.5 Å². The Morgan fingerprint density at radius 2 is 2.00 bits per heavy atom. The van der Waals surface area contributed by atoms with Crippen LogP contribution in [0, 0.1) is 10.1 Å². The van der Waals surface area contributed by atoms with Crippen LogP contribution in [0.15, 0.2) is 59.7 Å². The normalized spacial score (nSPS) is 10.7. The zero-order valence-corrected chi connectivity index (χ0v) is 15.7. The third-order valence-corrected chi connectivity index (χ3v) is 5.04. The van der Waals surface area contributed by atoms with Gasteiger partial charge in [0.15, 0.2) is 0 Å². The molecule has 0 radical (unpaired) electrons. The molecule has 0 aliphatic carbocycles. The maximum absolute atomic E-state index is 12.5. The molecular formula is C19H18N4O4S. The molecule has 3 aromatic rings. The molecule has 3 rings (SSSR count). The minimum atomic E-state index is -0.573. The number of benzene rings is 2. The lowest BCUT2D eigenvalue weighted by Crippen LogP contribution is -2.33. The van der Waals surface area contributed by atoms with Crippen molar-refractivity contribution in [3.8, 4) is 0 Å². The van der Waals surface area contributed by atoms with Crippen LogP contribution in [0.3, 0.4) is 0 Å². The second-order valence-electron chi connectivity index (χ2n) is 6.02. The summed E-state index contributed by atoms with van der Waals surface area (Å²) < 4.78 is 1.15. The highest BCUT2D eigenvalue weighted by Gasteiger charge is 2.12. The minimum absolute atomic E-state index is 0.114. The summed E-state index contributed by atoms with van der Waals surface area (Å²) >= 11 is 1.70. The standard InChI is InChI=1S/C19H18N4O4S/c24-18(20-8-9-28-12-14-4-2-1-3-5-14)11-22-13-21-17-7-6-15(23(26)27)10-16(17)19(22)25/h1-7,10,13H,8-9,11-12H2,(H,20,24). The molecule has 0 unspecified atom stereocenters. The van der Waals surface area contributed by atoms with Crippen LogP contribution in [0.1, 0.15) is 5.56 Å². The molecule has 144 valence electrons. The number of non-ortho nitro benzene ring substituents is 1. The van der Waals surface area contributed by atoms with Crippen LogP contribution in [0.5, 0.6) is 0 Å². The first-order valence-corrected chi connectivity index (χ1v) is 9.72. The first kappa shape index (κ1) is 19.6. The van der Waals surface area contributed by atoms with E-state index in [4.69, 9.17) is 0 Å². The highest BCUT2D eigenvalue weighted by Crippen LogP contribution is 2.16. The fourth-order valence-corrected chi connectivity index (χ4v) is 3.43. The Bertz CT molecular complexity index is 1050. The smallest absolute Gasteiger partial charge is 0.270 e. The second-order valence-corrected chi connectivity index (χ2v) is 7.13. The van der Waals surface area contributed by atoms with Crippen LogP contribution in [0.4, 0.5) is 5.69 Å². The van der Waals surface area contributed by atoms with Gasteiger partial charge in [0, 0.05) is 30.2 Å². The monoisotopic (exact) mass is 398 g/mol. The van der Waals surface area contributed by atoms with Crippen molar-refractivity contribution < 1.29 is 9.72 Å². The zero-order chi connectivity index (χ0) is 19.9. The summed E-state index contributed by atoms with van der Waals surface area (Å²) in [5.74, 6) is 1.30. The van der Waals surface area contributed by atoms with Gasteiger partial charge >= 0.3 is 0 Å². The number of thioether (sulfide) groups is 1. The molecule has 0 spiro atoms. The molecular weight excluding hydrogens is 380 g/mol. The number of nitro groups is 1. The van der Waals surface area contributed by atoms with Crippen molar-refractivity contribution in [3.05, 3.63) is 80.9 Å². The molecule has 0 saturated carbocycles. The molecule has 1 heterocycles. The number of fused-ring (bicyclic) bond motifs is 1. The van der Waals surface area contributed by atoms with Crippen LogP contribution in [0.2, 0.25) is 0 Å². The van der Waals surface area contributed by atoms with Crippen molar-refractivity contribution in [2.75, 3.05) is 12.3 Å². The van der Waals surface area contributed by atoms with Crippen molar-refractivity contribution in [1.82, 2.24) is 14.9 Å². The SMILES string of the molecule is O=C(Cn1cnc2ccc([N+](=O)[O-])cc2c1=O)NCCSCc1ccccc1. The summed E-state index contributed by atoms with van der Waals surface area (Å²) in [6.07, 6.45) is 1.28. The number of rotatable bonds is 8. The van der Waals surface area contributed by atoms with E-state index in [9.17, 15) is 19.7 Å². The second kappa shape index (κ2) is 9.14. The van der Waals surface area contributed by atoms with Gasteiger partial charge in [-0.2, -0.15) is 11.8 Å². The van der Waals surface area contributed by atoms with E-state index in [-0.39, 0.29) is 23.5 Å². The predicted molar refractivity (Wildman–Crippen MR) is 108 cm³/mol. The van der Waals surface area contributed by atoms with Gasteiger partial charge in [-0.15, -0.1) is 0 Å². The highest BCUT2D eigenvalue weighted by atomic mass is 32.2. The number of nitrogens with zero attached hydrogens (tertiary/aromatic N) is 3. The largest absolute Gasteiger partial charge is 0.354 e. The summed E-state index contributed by atoms with van der Waals surface area (Å²) in [4.78, 5) is 39.0. The molecule has 0 saturated heterocycles. The molecule has 8 nitrogen and oxygen atoms in total. The minimum Gasteiger partial charge on any atom is -0.354 e. The van der Waals surface area contributed by atoms with Crippen LogP contribution >= 0.6 is 11.8 Å². The summed E-state index contributed by atoms with van der Waals surface area (Å²) in [6.45, 7) is 0.297. The van der Waals surface area contributed by atoms with Gasteiger partial charge in [0.2, 0.25) is 5.91 Å². The maximum atomic E-state index is 12.5. The fraction of sp³-hybridized carbons (Fsp3) is 0.211. The van der Waals surface area contributed by atoms with E-state index in [1.165, 1.54) is 30.1 Å². The average molecular weight is 398 g/mol. The van der Waals surface area contributed by atoms with E-state index in [2.05, 4.69) is 22.4 Å². The maximum Gasteiger partial charge on any atom is 0.270 e. The van der Waals surface area contributed by atoms with Crippen molar-refractivity contribution >= 4 is 34.3 Å². The lowest BCUT2D eigenvalue weighted by molar-refractivity contribution is -0.384. The number of amides is 1. The van der Waals surface area contributed by atoms with Crippen molar-refractivity contribution in [2.24, 2.45) is 0 Å². The number of aromatic nitrogens is 2. The van der Waals surface area contributed by atoms with E-state index in [0.29, 0.717) is 12.1 Å². The third kappa shape index (κ3) is 4.95. The average Bonchev–Trinajstić information content (AvgIpc) is 2.70. The number of hydrogen-bond donors (Lipinski definition) is 1. The first-order valence-electron chi connectivity index (χ1n) is 8.56. The van der Waals surface area contributed by atoms with Crippen LogP contribution in [0.25, 0.3) is 10.9 Å². The Morgan fingerprint density at radius 3 is 2.75 bits per heavy atom. The molecule has 0 aliphatic rings. The molecule has 1 N–H and O–H groups in total. The van der Waals surface area contributed by atoms with Gasteiger partial charge in [0.1, 0.15) is 6.54 Å². The Hall–Kier alpha value is -3.20. The van der Waals surface area contributed by atoms with Gasteiger partial charge in [-0.05, 0) is 11.6 Å². The van der Waals surface area contributed by atoms with Gasteiger partial charge in [-0.1, -0.05) is 30.3 Å². The van der Waals surface area contributed by atoms with Crippen LogP contribution in [-0.2, 0) is 17.1 Å². The highest BCUT2D eigenvalue weighted by molar-refractivity contribution is 7.98. The van der Waals surface area contributed by atoms with Gasteiger partial charge < -0.3 is 5.32 Å². The van der Waals surface area contributed by atoms with Gasteiger partial charge in [0.05, 0.1) is 22.2 Å². The first-order chi connectivity index (χ1) is 13.5. The van der Waals surface area contributed by atoms with Gasteiger partial charge in [-0.25, -0.2) is 4.98 Å². The van der Waals surface area contributed by atoms with E-state index in [1.807, 2.05) is 18.2 Å². The predicted octanol–water partition coefficient (Wildman–Crippen LogP) is 2.35. The fourth-order valence-electron chi connectivity index (χ4n) is 2.61. The number of nitro benzene ring substituents is 1. The third-order valence-electron chi connectivity index (χ3n) is 4.01. The lowest BCUT2D eigenvalue weighted by Gasteiger charge is -2.08. The number of nitrogens with one attached hydrogen (secondary N) is 1. The molecule has 0 bridgehead atoms. The Balaban J connectivity index is 1.55. The molecule has 0 atom stereocenters. The van der Waals surface area contributed by atoms with E-state index >= 15 is 0 Å². The van der Waals surface area contributed by atoms with Crippen molar-refractivity contribution in [3.63, 3.8) is 0 Å². The Kier molecular flexibility index (Phi) is 6.38. The van der Waals surface area contributed by atoms with Crippen LogP contribution in [-0.4, -0.2) is 32.7 Å². The Morgan fingerprint density at radius 1 is 1.21 bits per heavy atom. The summed E-state index contributed by atoms with van der Waals surface area (Å²) in [5, 5.41) is 13.8. The molecule has 1 aromatic heterocycles. The van der Waals surface area contributed by atoms with Crippen molar-refractivity contribution in [2.45, 2.75) is 12.3 Å². The van der Waals surface area contributed by atoms with Gasteiger partial charge in [-0.3, -0.25) is 24.3 Å². The van der Waals surface area contributed by atoms with Crippen molar-refractivity contribution in [1.29, 1.82) is 0 Å². The molecule has 1 amide bonds. The molecule has 2 aromatic carbocycles. The molecule has 0 aliphatic heterocycles. The Labute approximate surface area is 164 Å². The molecule has 0 fully saturated rings. The van der Waals surface area contributed by atoms with E-state index in [0.717, 1.165) is 16.1 Å². The number of carbonyl (C=O) groups is 1.